The van der Waals surface area contributed by atoms with Crippen LogP contribution in [0.3, 0.4) is 0 Å². The van der Waals surface area contributed by atoms with Gasteiger partial charge in [-0.25, -0.2) is 9.78 Å². The Morgan fingerprint density at radius 1 is 0.949 bits per heavy atom. The number of hydrogen-bond donors (Lipinski definition) is 9. The molecule has 1 heterocycles. The molecule has 15 heteroatoms. The van der Waals surface area contributed by atoms with Gasteiger partial charge in [-0.05, 0) is 18.4 Å². The van der Waals surface area contributed by atoms with Crippen LogP contribution in [0.4, 0.5) is 0 Å². The number of aliphatic carboxylic acids is 1. The monoisotopic (exact) mass is 545 g/mol. The number of nitrogens with one attached hydrogen (secondary N) is 4. The number of guanidine groups is 1. The first kappa shape index (κ1) is 30.7. The number of aliphatic imine (C=N–C) groups is 1. The number of carboxylic acids is 1. The minimum atomic E-state index is -1.48. The molecule has 2 aromatic rings. The number of aromatic amines is 1. The van der Waals surface area contributed by atoms with Crippen LogP contribution >= 0.6 is 0 Å². The Kier molecular flexibility index (Phi) is 12.4. The minimum absolute atomic E-state index is 0.0659. The molecule has 15 nitrogen and oxygen atoms in total. The highest BCUT2D eigenvalue weighted by Gasteiger charge is 2.30. The Morgan fingerprint density at radius 2 is 1.59 bits per heavy atom. The van der Waals surface area contributed by atoms with E-state index in [0.717, 1.165) is 5.56 Å². The number of carbonyl (C=O) groups excluding carboxylic acids is 3. The van der Waals surface area contributed by atoms with E-state index in [1.165, 1.54) is 12.5 Å². The summed E-state index contributed by atoms with van der Waals surface area (Å²) in [6.45, 7) is -0.535. The SMILES string of the molecule is NC(N)=NCCCC(N)C(=O)NC(Cc1ccccc1)C(=O)NC(CO)C(=O)NC(Cc1cnc[nH]1)C(=O)O. The number of carboxylic acid groups (broad SMARTS) is 1. The molecule has 0 radical (unpaired) electrons. The average Bonchev–Trinajstić information content (AvgIpc) is 3.42. The zero-order valence-corrected chi connectivity index (χ0v) is 21.2. The van der Waals surface area contributed by atoms with Gasteiger partial charge in [0.1, 0.15) is 18.1 Å². The van der Waals surface area contributed by atoms with Crippen molar-refractivity contribution in [3.8, 4) is 0 Å². The van der Waals surface area contributed by atoms with Crippen LogP contribution in [0.25, 0.3) is 0 Å². The van der Waals surface area contributed by atoms with Gasteiger partial charge in [0.25, 0.3) is 0 Å². The largest absolute Gasteiger partial charge is 0.480 e. The lowest BCUT2D eigenvalue weighted by Gasteiger charge is -2.24. The average molecular weight is 546 g/mol. The number of benzene rings is 1. The van der Waals surface area contributed by atoms with Crippen LogP contribution in [0, 0.1) is 0 Å². The van der Waals surface area contributed by atoms with Crippen molar-refractivity contribution in [2.24, 2.45) is 22.2 Å². The highest BCUT2D eigenvalue weighted by Crippen LogP contribution is 2.06. The summed E-state index contributed by atoms with van der Waals surface area (Å²) in [5.41, 5.74) is 17.7. The predicted octanol–water partition coefficient (Wildman–Crippen LogP) is -2.89. The van der Waals surface area contributed by atoms with E-state index < -0.39 is 54.5 Å². The molecule has 0 aliphatic rings. The molecule has 12 N–H and O–H groups in total. The second-order valence-electron chi connectivity index (χ2n) is 8.73. The lowest BCUT2D eigenvalue weighted by molar-refractivity contribution is -0.142. The summed E-state index contributed by atoms with van der Waals surface area (Å²) in [6, 6.07) is 3.89. The Bertz CT molecular complexity index is 1110. The van der Waals surface area contributed by atoms with Gasteiger partial charge in [0.05, 0.1) is 19.0 Å². The maximum atomic E-state index is 13.2. The van der Waals surface area contributed by atoms with E-state index in [2.05, 4.69) is 30.9 Å². The zero-order valence-electron chi connectivity index (χ0n) is 21.2. The standard InChI is InChI=1S/C24H35N9O6/c25-16(7-4-8-29-24(26)27)20(35)31-17(9-14-5-2-1-3-6-14)21(36)33-19(12-34)22(37)32-18(23(38)39)10-15-11-28-13-30-15/h1-3,5-6,11,13,16-19,34H,4,7-10,12,25H2,(H,28,30)(H,31,35)(H,32,37)(H,33,36)(H,38,39)(H4,26,27,29). The number of aliphatic hydroxyl groups excluding tert-OH is 1. The van der Waals surface area contributed by atoms with Crippen LogP contribution in [-0.2, 0) is 32.0 Å². The fraction of sp³-hybridized carbons (Fsp3) is 0.417. The Hall–Kier alpha value is -4.50. The van der Waals surface area contributed by atoms with Crippen molar-refractivity contribution in [3.63, 3.8) is 0 Å². The van der Waals surface area contributed by atoms with Gasteiger partial charge >= 0.3 is 5.97 Å². The normalized spacial score (nSPS) is 13.8. The number of aliphatic hydroxyl groups is 1. The summed E-state index contributed by atoms with van der Waals surface area (Å²) in [5.74, 6) is -3.69. The van der Waals surface area contributed by atoms with Gasteiger partial charge in [-0.3, -0.25) is 19.4 Å². The molecular formula is C24H35N9O6. The Morgan fingerprint density at radius 3 is 2.18 bits per heavy atom. The number of amides is 3. The van der Waals surface area contributed by atoms with Crippen LogP contribution in [0.1, 0.15) is 24.1 Å². The van der Waals surface area contributed by atoms with Crippen molar-refractivity contribution >= 4 is 29.7 Å². The van der Waals surface area contributed by atoms with Gasteiger partial charge in [0.2, 0.25) is 17.7 Å². The van der Waals surface area contributed by atoms with Crippen LogP contribution in [0.15, 0.2) is 47.8 Å². The van der Waals surface area contributed by atoms with Crippen LogP contribution in [0.5, 0.6) is 0 Å². The number of nitrogens with zero attached hydrogens (tertiary/aromatic N) is 2. The van der Waals surface area contributed by atoms with Crippen LogP contribution in [-0.4, -0.2) is 87.2 Å². The van der Waals surface area contributed by atoms with Crippen molar-refractivity contribution in [1.82, 2.24) is 25.9 Å². The van der Waals surface area contributed by atoms with E-state index in [9.17, 15) is 29.4 Å². The van der Waals surface area contributed by atoms with E-state index in [0.29, 0.717) is 12.1 Å². The first-order chi connectivity index (χ1) is 18.6. The maximum Gasteiger partial charge on any atom is 0.326 e. The molecule has 0 spiro atoms. The maximum absolute atomic E-state index is 13.2. The summed E-state index contributed by atoms with van der Waals surface area (Å²) in [6.07, 6.45) is 3.42. The van der Waals surface area contributed by atoms with Gasteiger partial charge in [-0.1, -0.05) is 30.3 Å². The molecule has 0 aliphatic carbocycles. The van der Waals surface area contributed by atoms with E-state index in [-0.39, 0.29) is 31.8 Å². The van der Waals surface area contributed by atoms with Crippen molar-refractivity contribution in [2.45, 2.75) is 49.9 Å². The van der Waals surface area contributed by atoms with E-state index in [4.69, 9.17) is 17.2 Å². The van der Waals surface area contributed by atoms with Crippen LogP contribution in [0.2, 0.25) is 0 Å². The van der Waals surface area contributed by atoms with Crippen molar-refractivity contribution in [3.05, 3.63) is 54.1 Å². The number of aromatic nitrogens is 2. The second-order valence-corrected chi connectivity index (χ2v) is 8.73. The Labute approximate surface area is 224 Å². The molecule has 3 amide bonds. The molecule has 0 bridgehead atoms. The third kappa shape index (κ3) is 10.8. The fourth-order valence-electron chi connectivity index (χ4n) is 3.54. The van der Waals surface area contributed by atoms with Gasteiger partial charge in [-0.2, -0.15) is 0 Å². The number of H-pyrrole nitrogens is 1. The molecular weight excluding hydrogens is 510 g/mol. The lowest BCUT2D eigenvalue weighted by Crippen LogP contribution is -2.58. The molecule has 1 aromatic carbocycles. The number of carbonyl (C=O) groups is 4. The molecule has 4 atom stereocenters. The van der Waals surface area contributed by atoms with Crippen LogP contribution < -0.4 is 33.2 Å². The third-order valence-electron chi connectivity index (χ3n) is 5.63. The molecule has 1 aromatic heterocycles. The lowest BCUT2D eigenvalue weighted by atomic mass is 10.0. The summed E-state index contributed by atoms with van der Waals surface area (Å²) >= 11 is 0. The molecule has 4 unspecified atom stereocenters. The summed E-state index contributed by atoms with van der Waals surface area (Å²) in [5, 5.41) is 26.5. The molecule has 0 fully saturated rings. The number of nitrogens with two attached hydrogens (primary N) is 3. The molecule has 0 aliphatic heterocycles. The molecule has 0 saturated heterocycles. The quantitative estimate of drug-likeness (QED) is 0.0590. The van der Waals surface area contributed by atoms with Gasteiger partial charge < -0.3 is 48.3 Å². The second kappa shape index (κ2) is 15.7. The van der Waals surface area contributed by atoms with Gasteiger partial charge in [0, 0.05) is 31.3 Å². The van der Waals surface area contributed by atoms with E-state index in [1.54, 1.807) is 30.3 Å². The Balaban J connectivity index is 2.08. The number of hydrogen-bond acceptors (Lipinski definition) is 8. The highest BCUT2D eigenvalue weighted by molar-refractivity contribution is 5.94. The summed E-state index contributed by atoms with van der Waals surface area (Å²) in [4.78, 5) is 60.7. The van der Waals surface area contributed by atoms with Crippen molar-refractivity contribution < 1.29 is 29.4 Å². The van der Waals surface area contributed by atoms with E-state index >= 15 is 0 Å². The van der Waals surface area contributed by atoms with Gasteiger partial charge in [0.15, 0.2) is 5.96 Å². The van der Waals surface area contributed by atoms with E-state index in [1.807, 2.05) is 0 Å². The molecule has 39 heavy (non-hydrogen) atoms. The van der Waals surface area contributed by atoms with Crippen molar-refractivity contribution in [1.29, 1.82) is 0 Å². The zero-order chi connectivity index (χ0) is 28.8. The minimum Gasteiger partial charge on any atom is -0.480 e. The first-order valence-electron chi connectivity index (χ1n) is 12.2. The summed E-state index contributed by atoms with van der Waals surface area (Å²) < 4.78 is 0. The summed E-state index contributed by atoms with van der Waals surface area (Å²) in [7, 11) is 0. The first-order valence-corrected chi connectivity index (χ1v) is 12.2. The molecule has 0 saturated carbocycles. The molecule has 2 rings (SSSR count). The number of rotatable bonds is 16. The smallest absolute Gasteiger partial charge is 0.326 e. The molecule has 212 valence electrons. The van der Waals surface area contributed by atoms with Crippen molar-refractivity contribution in [2.75, 3.05) is 13.2 Å². The van der Waals surface area contributed by atoms with Gasteiger partial charge in [-0.15, -0.1) is 0 Å². The fourth-order valence-corrected chi connectivity index (χ4v) is 3.54. The topological polar surface area (TPSA) is 264 Å². The highest BCUT2D eigenvalue weighted by atomic mass is 16.4. The third-order valence-corrected chi connectivity index (χ3v) is 5.63. The predicted molar refractivity (Wildman–Crippen MR) is 141 cm³/mol. The number of imidazole rings is 1.